The molecule has 0 saturated carbocycles. The van der Waals surface area contributed by atoms with Crippen LogP contribution in [0.25, 0.3) is 0 Å². The first kappa shape index (κ1) is 19.8. The predicted octanol–water partition coefficient (Wildman–Crippen LogP) is 2.20. The standard InChI is InChI=1S/C18H22F3N5O3/c19-18(20,21)15-10-12(14-2-1-7-29-14)23-16-11-13(24-26(15)16)17(27)22-3-4-25-5-8-28-9-6-25/h1-2,7,11-12,15,23H,3-6,8-10H2,(H,22,27). The van der Waals surface area contributed by atoms with Gasteiger partial charge >= 0.3 is 6.18 Å². The molecule has 2 aliphatic rings. The fraction of sp³-hybridized carbons (Fsp3) is 0.556. The van der Waals surface area contributed by atoms with E-state index in [4.69, 9.17) is 9.15 Å². The maximum Gasteiger partial charge on any atom is 0.410 e. The molecule has 1 fully saturated rings. The van der Waals surface area contributed by atoms with Gasteiger partial charge in [0.15, 0.2) is 11.7 Å². The van der Waals surface area contributed by atoms with Crippen LogP contribution in [0, 0.1) is 0 Å². The lowest BCUT2D eigenvalue weighted by atomic mass is 10.0. The molecule has 2 unspecified atom stereocenters. The molecule has 0 aromatic carbocycles. The average molecular weight is 413 g/mol. The van der Waals surface area contributed by atoms with Gasteiger partial charge in [0, 0.05) is 38.7 Å². The topological polar surface area (TPSA) is 84.6 Å². The second-order valence-electron chi connectivity index (χ2n) is 7.07. The second-order valence-corrected chi connectivity index (χ2v) is 7.07. The fourth-order valence-corrected chi connectivity index (χ4v) is 3.60. The number of rotatable bonds is 5. The van der Waals surface area contributed by atoms with Crippen molar-refractivity contribution < 1.29 is 27.1 Å². The summed E-state index contributed by atoms with van der Waals surface area (Å²) < 4.78 is 52.2. The lowest BCUT2D eigenvalue weighted by Crippen LogP contribution is -2.41. The van der Waals surface area contributed by atoms with Crippen LogP contribution in [0.3, 0.4) is 0 Å². The van der Waals surface area contributed by atoms with E-state index in [1.165, 1.54) is 12.3 Å². The molecule has 4 heterocycles. The normalized spacial score (nSPS) is 22.7. The molecule has 1 amide bonds. The lowest BCUT2D eigenvalue weighted by molar-refractivity contribution is -0.174. The number of amides is 1. The molecule has 11 heteroatoms. The van der Waals surface area contributed by atoms with Crippen LogP contribution in [-0.4, -0.2) is 66.2 Å². The number of halogens is 3. The van der Waals surface area contributed by atoms with Crippen LogP contribution in [-0.2, 0) is 4.74 Å². The lowest BCUT2D eigenvalue weighted by Gasteiger charge is -2.32. The monoisotopic (exact) mass is 413 g/mol. The van der Waals surface area contributed by atoms with E-state index < -0.39 is 24.2 Å². The van der Waals surface area contributed by atoms with Crippen LogP contribution in [0.2, 0.25) is 0 Å². The number of nitrogens with zero attached hydrogens (tertiary/aromatic N) is 3. The number of furan rings is 1. The van der Waals surface area contributed by atoms with Crippen molar-refractivity contribution in [1.29, 1.82) is 0 Å². The third kappa shape index (κ3) is 4.40. The summed E-state index contributed by atoms with van der Waals surface area (Å²) in [6, 6.07) is 2.09. The Morgan fingerprint density at radius 1 is 1.34 bits per heavy atom. The van der Waals surface area contributed by atoms with E-state index in [1.54, 1.807) is 12.1 Å². The SMILES string of the molecule is O=C(NCCN1CCOCC1)c1cc2n(n1)C(C(F)(F)F)CC(c1ccco1)N2. The number of fused-ring (bicyclic) bond motifs is 1. The summed E-state index contributed by atoms with van der Waals surface area (Å²) in [6.45, 7) is 3.92. The second kappa shape index (κ2) is 8.07. The van der Waals surface area contributed by atoms with Crippen LogP contribution in [0.15, 0.2) is 28.9 Å². The van der Waals surface area contributed by atoms with E-state index in [1.807, 2.05) is 0 Å². The van der Waals surface area contributed by atoms with Gasteiger partial charge in [0.2, 0.25) is 0 Å². The summed E-state index contributed by atoms with van der Waals surface area (Å²) in [6.07, 6.45) is -3.36. The molecule has 4 rings (SSSR count). The van der Waals surface area contributed by atoms with E-state index in [2.05, 4.69) is 20.6 Å². The highest BCUT2D eigenvalue weighted by Gasteiger charge is 2.47. The number of ether oxygens (including phenoxy) is 1. The van der Waals surface area contributed by atoms with Gasteiger partial charge in [-0.2, -0.15) is 18.3 Å². The number of nitrogens with one attached hydrogen (secondary N) is 2. The Hall–Kier alpha value is -2.53. The van der Waals surface area contributed by atoms with Crippen LogP contribution >= 0.6 is 0 Å². The van der Waals surface area contributed by atoms with Crippen molar-refractivity contribution in [1.82, 2.24) is 20.0 Å². The summed E-state index contributed by atoms with van der Waals surface area (Å²) in [7, 11) is 0. The van der Waals surface area contributed by atoms with Gasteiger partial charge in [0.25, 0.3) is 5.91 Å². The highest BCUT2D eigenvalue weighted by molar-refractivity contribution is 5.93. The van der Waals surface area contributed by atoms with Crippen molar-refractivity contribution in [3.05, 3.63) is 35.9 Å². The zero-order valence-electron chi connectivity index (χ0n) is 15.6. The smallest absolute Gasteiger partial charge is 0.410 e. The van der Waals surface area contributed by atoms with Gasteiger partial charge in [-0.3, -0.25) is 9.69 Å². The van der Waals surface area contributed by atoms with Crippen molar-refractivity contribution in [3.8, 4) is 0 Å². The maximum absolute atomic E-state index is 13.6. The molecular weight excluding hydrogens is 391 g/mol. The molecule has 8 nitrogen and oxygen atoms in total. The number of alkyl halides is 3. The zero-order chi connectivity index (χ0) is 20.4. The minimum atomic E-state index is -4.50. The number of carbonyl (C=O) groups is 1. The molecule has 2 atom stereocenters. The van der Waals surface area contributed by atoms with E-state index in [0.717, 1.165) is 17.8 Å². The molecule has 2 N–H and O–H groups in total. The Kier molecular flexibility index (Phi) is 5.50. The summed E-state index contributed by atoms with van der Waals surface area (Å²) in [4.78, 5) is 14.6. The summed E-state index contributed by atoms with van der Waals surface area (Å²) >= 11 is 0. The first-order chi connectivity index (χ1) is 13.9. The van der Waals surface area contributed by atoms with Crippen LogP contribution in [0.1, 0.15) is 34.8 Å². The number of anilines is 1. The highest BCUT2D eigenvalue weighted by Crippen LogP contribution is 2.43. The average Bonchev–Trinajstić information content (AvgIpc) is 3.37. The van der Waals surface area contributed by atoms with Gasteiger partial charge in [-0.05, 0) is 12.1 Å². The number of hydrogen-bond acceptors (Lipinski definition) is 6. The van der Waals surface area contributed by atoms with Crippen molar-refractivity contribution in [3.63, 3.8) is 0 Å². The van der Waals surface area contributed by atoms with Crippen molar-refractivity contribution >= 4 is 11.7 Å². The first-order valence-corrected chi connectivity index (χ1v) is 9.46. The third-order valence-electron chi connectivity index (χ3n) is 5.13. The fourth-order valence-electron chi connectivity index (χ4n) is 3.60. The number of hydrogen-bond donors (Lipinski definition) is 2. The van der Waals surface area contributed by atoms with Crippen molar-refractivity contribution in [2.24, 2.45) is 0 Å². The van der Waals surface area contributed by atoms with Crippen LogP contribution in [0.4, 0.5) is 19.0 Å². The first-order valence-electron chi connectivity index (χ1n) is 9.46. The van der Waals surface area contributed by atoms with Gasteiger partial charge in [0.1, 0.15) is 11.6 Å². The molecule has 158 valence electrons. The Morgan fingerprint density at radius 3 is 2.83 bits per heavy atom. The molecule has 0 bridgehead atoms. The summed E-state index contributed by atoms with van der Waals surface area (Å²) in [5.41, 5.74) is -0.0520. The van der Waals surface area contributed by atoms with E-state index in [9.17, 15) is 18.0 Å². The van der Waals surface area contributed by atoms with Gasteiger partial charge in [-0.1, -0.05) is 0 Å². The summed E-state index contributed by atoms with van der Waals surface area (Å²) in [5, 5.41) is 9.65. The number of aromatic nitrogens is 2. The number of carbonyl (C=O) groups excluding carboxylic acids is 1. The molecule has 2 aliphatic heterocycles. The largest absolute Gasteiger partial charge is 0.467 e. The Morgan fingerprint density at radius 2 is 2.14 bits per heavy atom. The molecular formula is C18H22F3N5O3. The Labute approximate surface area is 165 Å². The third-order valence-corrected chi connectivity index (χ3v) is 5.13. The van der Waals surface area contributed by atoms with E-state index in [-0.39, 0.29) is 17.9 Å². The molecule has 0 radical (unpaired) electrons. The highest BCUT2D eigenvalue weighted by atomic mass is 19.4. The van der Waals surface area contributed by atoms with Gasteiger partial charge in [-0.25, -0.2) is 4.68 Å². The van der Waals surface area contributed by atoms with E-state index in [0.29, 0.717) is 32.1 Å². The van der Waals surface area contributed by atoms with Gasteiger partial charge in [-0.15, -0.1) is 0 Å². The molecule has 2 aromatic rings. The number of morpholine rings is 1. The van der Waals surface area contributed by atoms with Gasteiger partial charge < -0.3 is 19.8 Å². The minimum absolute atomic E-state index is 0.0520. The zero-order valence-corrected chi connectivity index (χ0v) is 15.6. The molecule has 29 heavy (non-hydrogen) atoms. The predicted molar refractivity (Wildman–Crippen MR) is 96.6 cm³/mol. The summed E-state index contributed by atoms with van der Waals surface area (Å²) in [5.74, 6) is 0.0407. The maximum atomic E-state index is 13.6. The van der Waals surface area contributed by atoms with E-state index >= 15 is 0 Å². The van der Waals surface area contributed by atoms with Crippen molar-refractivity contribution in [2.45, 2.75) is 24.7 Å². The van der Waals surface area contributed by atoms with Crippen LogP contribution < -0.4 is 10.6 Å². The Bertz CT molecular complexity index is 830. The van der Waals surface area contributed by atoms with Crippen molar-refractivity contribution in [2.75, 3.05) is 44.7 Å². The molecule has 1 saturated heterocycles. The molecule has 0 aliphatic carbocycles. The molecule has 2 aromatic heterocycles. The minimum Gasteiger partial charge on any atom is -0.467 e. The molecule has 0 spiro atoms. The van der Waals surface area contributed by atoms with Gasteiger partial charge in [0.05, 0.1) is 25.5 Å². The Balaban J connectivity index is 1.46. The van der Waals surface area contributed by atoms with Crippen LogP contribution in [0.5, 0.6) is 0 Å². The quantitative estimate of drug-likeness (QED) is 0.782.